The number of rotatable bonds is 4. The Bertz CT molecular complexity index is 956. The van der Waals surface area contributed by atoms with E-state index in [0.29, 0.717) is 35.9 Å². The van der Waals surface area contributed by atoms with Crippen LogP contribution in [0.1, 0.15) is 73.1 Å². The molecule has 1 aliphatic rings. The van der Waals surface area contributed by atoms with Crippen molar-refractivity contribution in [3.05, 3.63) is 41.3 Å². The maximum absolute atomic E-state index is 12.5. The van der Waals surface area contributed by atoms with Crippen molar-refractivity contribution < 1.29 is 24.2 Å². The number of carbonyl (C=O) groups excluding carboxylic acids is 2. The number of ketones is 1. The van der Waals surface area contributed by atoms with Crippen molar-refractivity contribution in [3.63, 3.8) is 0 Å². The van der Waals surface area contributed by atoms with Crippen LogP contribution in [0.5, 0.6) is 0 Å². The predicted molar refractivity (Wildman–Crippen MR) is 111 cm³/mol. The van der Waals surface area contributed by atoms with E-state index in [4.69, 9.17) is 9.84 Å². The number of carboxylic acids is 1. The minimum Gasteiger partial charge on any atom is -0.478 e. The lowest BCUT2D eigenvalue weighted by molar-refractivity contribution is 0.0196. The minimum atomic E-state index is -1.01. The van der Waals surface area contributed by atoms with Crippen molar-refractivity contribution in [2.45, 2.75) is 52.1 Å². The lowest BCUT2D eigenvalue weighted by atomic mass is 9.98. The number of aromatic amines is 1. The molecule has 160 valence electrons. The molecule has 0 spiro atoms. The van der Waals surface area contributed by atoms with E-state index in [2.05, 4.69) is 9.97 Å². The fourth-order valence-corrected chi connectivity index (χ4v) is 3.51. The minimum absolute atomic E-state index is 0.0450. The highest BCUT2D eigenvalue weighted by Crippen LogP contribution is 2.30. The average molecular weight is 413 g/mol. The molecule has 0 saturated carbocycles. The van der Waals surface area contributed by atoms with Gasteiger partial charge in [0.25, 0.3) is 0 Å². The summed E-state index contributed by atoms with van der Waals surface area (Å²) in [6.07, 6.45) is 1.29. The quantitative estimate of drug-likeness (QED) is 0.730. The van der Waals surface area contributed by atoms with E-state index in [1.54, 1.807) is 17.0 Å². The smallest absolute Gasteiger partial charge is 0.410 e. The maximum atomic E-state index is 12.5. The normalized spacial score (nSPS) is 16.9. The number of likely N-dealkylation sites (tertiary alicyclic amines) is 1. The standard InChI is InChI=1S/C22H27N3O5/c1-13(26)17-18(14-7-9-15(10-8-14)20(27)28)24-19(23-17)16-6-5-11-25(12-16)21(29)30-22(2,3)4/h7-10,16H,5-6,11-12H2,1-4H3,(H,23,24)(H,27,28)/t16-/m1/s1. The molecule has 1 aromatic carbocycles. The van der Waals surface area contributed by atoms with Crippen LogP contribution in [0.3, 0.4) is 0 Å². The maximum Gasteiger partial charge on any atom is 0.410 e. The van der Waals surface area contributed by atoms with E-state index in [-0.39, 0.29) is 23.4 Å². The number of carboxylic acid groups (broad SMARTS) is 1. The van der Waals surface area contributed by atoms with Crippen LogP contribution in [0.25, 0.3) is 11.3 Å². The molecule has 1 fully saturated rings. The molecule has 3 rings (SSSR count). The van der Waals surface area contributed by atoms with Gasteiger partial charge >= 0.3 is 12.1 Å². The van der Waals surface area contributed by atoms with E-state index >= 15 is 0 Å². The van der Waals surface area contributed by atoms with E-state index < -0.39 is 11.6 Å². The molecule has 0 unspecified atom stereocenters. The summed E-state index contributed by atoms with van der Waals surface area (Å²) in [6.45, 7) is 8.03. The van der Waals surface area contributed by atoms with Gasteiger partial charge in [0.1, 0.15) is 17.1 Å². The van der Waals surface area contributed by atoms with Gasteiger partial charge in [0.05, 0.1) is 11.3 Å². The van der Waals surface area contributed by atoms with E-state index in [1.165, 1.54) is 19.1 Å². The number of carbonyl (C=O) groups is 3. The first-order valence-corrected chi connectivity index (χ1v) is 9.97. The molecule has 1 atom stereocenters. The number of nitrogens with zero attached hydrogens (tertiary/aromatic N) is 2. The van der Waals surface area contributed by atoms with Crippen LogP contribution in [-0.2, 0) is 4.74 Å². The van der Waals surface area contributed by atoms with Crippen LogP contribution >= 0.6 is 0 Å². The van der Waals surface area contributed by atoms with Crippen LogP contribution in [0, 0.1) is 0 Å². The number of ether oxygens (including phenoxy) is 1. The van der Waals surface area contributed by atoms with Gasteiger partial charge in [0.15, 0.2) is 5.78 Å². The summed E-state index contributed by atoms with van der Waals surface area (Å²) in [5.74, 6) is -0.575. The number of aromatic carboxylic acids is 1. The number of piperidine rings is 1. The summed E-state index contributed by atoms with van der Waals surface area (Å²) in [5.41, 5.74) is 1.13. The second-order valence-electron chi connectivity index (χ2n) is 8.55. The summed E-state index contributed by atoms with van der Waals surface area (Å²) in [7, 11) is 0. The Balaban J connectivity index is 1.86. The second-order valence-corrected chi connectivity index (χ2v) is 8.55. The highest BCUT2D eigenvalue weighted by atomic mass is 16.6. The third kappa shape index (κ3) is 4.87. The van der Waals surface area contributed by atoms with Crippen molar-refractivity contribution in [1.82, 2.24) is 14.9 Å². The Kier molecular flexibility index (Phi) is 5.96. The van der Waals surface area contributed by atoms with Crippen LogP contribution in [0.15, 0.2) is 24.3 Å². The Morgan fingerprint density at radius 2 is 1.87 bits per heavy atom. The summed E-state index contributed by atoms with van der Waals surface area (Å²) < 4.78 is 5.48. The van der Waals surface area contributed by atoms with Crippen molar-refractivity contribution in [2.24, 2.45) is 0 Å². The number of nitrogens with one attached hydrogen (secondary N) is 1. The molecule has 8 heteroatoms. The molecule has 8 nitrogen and oxygen atoms in total. The number of Topliss-reactive ketones (excluding diaryl/α,β-unsaturated/α-hetero) is 1. The molecular formula is C22H27N3O5. The lowest BCUT2D eigenvalue weighted by Gasteiger charge is -2.33. The van der Waals surface area contributed by atoms with Crippen molar-refractivity contribution in [2.75, 3.05) is 13.1 Å². The lowest BCUT2D eigenvalue weighted by Crippen LogP contribution is -2.42. The number of H-pyrrole nitrogens is 1. The molecule has 2 aromatic rings. The van der Waals surface area contributed by atoms with Crippen LogP contribution in [-0.4, -0.2) is 56.5 Å². The first-order chi connectivity index (χ1) is 14.0. The molecule has 1 aliphatic heterocycles. The highest BCUT2D eigenvalue weighted by Gasteiger charge is 2.30. The molecule has 0 bridgehead atoms. The first kappa shape index (κ1) is 21.5. The van der Waals surface area contributed by atoms with Crippen LogP contribution in [0.4, 0.5) is 4.79 Å². The number of hydrogen-bond donors (Lipinski definition) is 2. The van der Waals surface area contributed by atoms with Gasteiger partial charge in [-0.3, -0.25) is 4.79 Å². The van der Waals surface area contributed by atoms with E-state index in [1.807, 2.05) is 20.8 Å². The van der Waals surface area contributed by atoms with Crippen molar-refractivity contribution in [1.29, 1.82) is 0 Å². The third-order valence-electron chi connectivity index (χ3n) is 4.94. The largest absolute Gasteiger partial charge is 0.478 e. The summed E-state index contributed by atoms with van der Waals surface area (Å²) in [5, 5.41) is 9.09. The number of hydrogen-bond acceptors (Lipinski definition) is 5. The average Bonchev–Trinajstić information content (AvgIpc) is 3.13. The SMILES string of the molecule is CC(=O)c1[nH]c([C@@H]2CCCN(C(=O)OC(C)(C)C)C2)nc1-c1ccc(C(=O)O)cc1. The molecule has 1 aromatic heterocycles. The topological polar surface area (TPSA) is 113 Å². The number of benzene rings is 1. The zero-order chi connectivity index (χ0) is 22.1. The Morgan fingerprint density at radius 1 is 1.20 bits per heavy atom. The van der Waals surface area contributed by atoms with Crippen molar-refractivity contribution >= 4 is 17.8 Å². The molecule has 2 heterocycles. The molecule has 0 radical (unpaired) electrons. The molecule has 1 saturated heterocycles. The van der Waals surface area contributed by atoms with Gasteiger partial charge in [-0.2, -0.15) is 0 Å². The molecule has 0 aliphatic carbocycles. The Labute approximate surface area is 175 Å². The Morgan fingerprint density at radius 3 is 2.43 bits per heavy atom. The van der Waals surface area contributed by atoms with Gasteiger partial charge in [-0.15, -0.1) is 0 Å². The van der Waals surface area contributed by atoms with Gasteiger partial charge in [-0.1, -0.05) is 12.1 Å². The molecule has 30 heavy (non-hydrogen) atoms. The Hall–Kier alpha value is -3.16. The zero-order valence-electron chi connectivity index (χ0n) is 17.7. The fraction of sp³-hybridized carbons (Fsp3) is 0.455. The molecular weight excluding hydrogens is 386 g/mol. The van der Waals surface area contributed by atoms with Gasteiger partial charge < -0.3 is 19.7 Å². The van der Waals surface area contributed by atoms with E-state index in [9.17, 15) is 14.4 Å². The zero-order valence-corrected chi connectivity index (χ0v) is 17.7. The van der Waals surface area contributed by atoms with Gasteiger partial charge in [0.2, 0.25) is 0 Å². The fourth-order valence-electron chi connectivity index (χ4n) is 3.51. The summed E-state index contributed by atoms with van der Waals surface area (Å²) in [6, 6.07) is 6.26. The number of aromatic nitrogens is 2. The first-order valence-electron chi connectivity index (χ1n) is 9.97. The molecule has 2 N–H and O–H groups in total. The van der Waals surface area contributed by atoms with Gasteiger partial charge in [-0.25, -0.2) is 14.6 Å². The summed E-state index contributed by atoms with van der Waals surface area (Å²) >= 11 is 0. The van der Waals surface area contributed by atoms with Crippen LogP contribution in [0.2, 0.25) is 0 Å². The van der Waals surface area contributed by atoms with Crippen LogP contribution < -0.4 is 0 Å². The number of amides is 1. The van der Waals surface area contributed by atoms with Gasteiger partial charge in [-0.05, 0) is 45.7 Å². The van der Waals surface area contributed by atoms with Gasteiger partial charge in [0, 0.05) is 31.5 Å². The monoisotopic (exact) mass is 413 g/mol. The van der Waals surface area contributed by atoms with E-state index in [0.717, 1.165) is 12.8 Å². The predicted octanol–water partition coefficient (Wildman–Crippen LogP) is 4.09. The third-order valence-corrected chi connectivity index (χ3v) is 4.94. The number of imidazole rings is 1. The molecule has 1 amide bonds. The highest BCUT2D eigenvalue weighted by molar-refractivity contribution is 5.98. The summed E-state index contributed by atoms with van der Waals surface area (Å²) in [4.78, 5) is 45.2. The van der Waals surface area contributed by atoms with Crippen molar-refractivity contribution in [3.8, 4) is 11.3 Å². The second kappa shape index (κ2) is 8.30.